The number of phenolic OH excluding ortho intramolecular Hbond substituents is 1. The lowest BCUT2D eigenvalue weighted by atomic mass is 10.0. The molecule has 0 unspecified atom stereocenters. The number of hydrogen-bond donors (Lipinski definition) is 8. The van der Waals surface area contributed by atoms with Gasteiger partial charge in [-0.2, -0.15) is 0 Å². The minimum atomic E-state index is -1.27. The molecule has 13 heteroatoms. The van der Waals surface area contributed by atoms with Crippen LogP contribution in [0, 0.1) is 5.92 Å². The van der Waals surface area contributed by atoms with Crippen LogP contribution >= 0.6 is 0 Å². The van der Waals surface area contributed by atoms with Crippen LogP contribution in [0.4, 0.5) is 0 Å². The molecule has 0 radical (unpaired) electrons. The van der Waals surface area contributed by atoms with Gasteiger partial charge in [0, 0.05) is 13.0 Å². The molecule has 0 aliphatic carbocycles. The zero-order valence-electron chi connectivity index (χ0n) is 19.9. The second-order valence-electron chi connectivity index (χ2n) is 8.27. The number of phenols is 1. The Hall–Kier alpha value is -3.87. The maximum Gasteiger partial charge on any atom is 0.326 e. The molecule has 1 aromatic carbocycles. The van der Waals surface area contributed by atoms with Gasteiger partial charge in [0.2, 0.25) is 17.7 Å². The summed E-state index contributed by atoms with van der Waals surface area (Å²) >= 11 is 0. The molecule has 0 aliphatic rings. The first-order valence-electron chi connectivity index (χ1n) is 11.1. The number of nitrogens with two attached hydrogens (primary N) is 3. The van der Waals surface area contributed by atoms with Crippen LogP contribution < -0.4 is 33.2 Å². The van der Waals surface area contributed by atoms with Gasteiger partial charge in [-0.05, 0) is 36.5 Å². The van der Waals surface area contributed by atoms with Crippen LogP contribution in [0.2, 0.25) is 0 Å². The van der Waals surface area contributed by atoms with Gasteiger partial charge in [-0.15, -0.1) is 0 Å². The first kappa shape index (κ1) is 29.2. The highest BCUT2D eigenvalue weighted by molar-refractivity contribution is 5.93. The van der Waals surface area contributed by atoms with Crippen molar-refractivity contribution in [1.29, 1.82) is 0 Å². The molecule has 0 spiro atoms. The highest BCUT2D eigenvalue weighted by Crippen LogP contribution is 2.12. The average Bonchev–Trinajstić information content (AvgIpc) is 2.79. The number of nitrogens with one attached hydrogen (secondary N) is 3. The lowest BCUT2D eigenvalue weighted by Crippen LogP contribution is -2.58. The Morgan fingerprint density at radius 3 is 2.11 bits per heavy atom. The van der Waals surface area contributed by atoms with E-state index >= 15 is 0 Å². The van der Waals surface area contributed by atoms with E-state index < -0.39 is 47.7 Å². The number of aliphatic imine (C=N–C) groups is 1. The third-order valence-corrected chi connectivity index (χ3v) is 5.02. The van der Waals surface area contributed by atoms with Crippen molar-refractivity contribution in [3.8, 4) is 5.75 Å². The molecule has 0 aromatic heterocycles. The van der Waals surface area contributed by atoms with Crippen LogP contribution in [0.1, 0.15) is 32.3 Å². The van der Waals surface area contributed by atoms with Gasteiger partial charge in [0.15, 0.2) is 5.96 Å². The molecule has 0 aliphatic heterocycles. The molecule has 0 fully saturated rings. The zero-order valence-corrected chi connectivity index (χ0v) is 19.9. The molecule has 1 aromatic rings. The van der Waals surface area contributed by atoms with Crippen LogP contribution in [-0.2, 0) is 25.6 Å². The second kappa shape index (κ2) is 14.4. The summed E-state index contributed by atoms with van der Waals surface area (Å²) in [5.41, 5.74) is 16.5. The van der Waals surface area contributed by atoms with Gasteiger partial charge in [0.1, 0.15) is 23.9 Å². The number of carbonyl (C=O) groups is 4. The predicted octanol–water partition coefficient (Wildman–Crippen LogP) is -1.86. The number of benzene rings is 1. The summed E-state index contributed by atoms with van der Waals surface area (Å²) in [6.07, 6.45) is 0.520. The molecule has 0 saturated carbocycles. The molecule has 1 rings (SSSR count). The van der Waals surface area contributed by atoms with E-state index in [1.54, 1.807) is 26.0 Å². The minimum absolute atomic E-state index is 0.0277. The van der Waals surface area contributed by atoms with Crippen LogP contribution in [-0.4, -0.2) is 71.1 Å². The molecule has 11 N–H and O–H groups in total. The van der Waals surface area contributed by atoms with Gasteiger partial charge >= 0.3 is 5.97 Å². The Morgan fingerprint density at radius 1 is 0.971 bits per heavy atom. The molecule has 35 heavy (non-hydrogen) atoms. The fraction of sp³-hybridized carbons (Fsp3) is 0.500. The normalized spacial score (nSPS) is 13.3. The molecule has 3 atom stereocenters. The van der Waals surface area contributed by atoms with Gasteiger partial charge in [0.05, 0.1) is 6.54 Å². The molecular weight excluding hydrogens is 458 g/mol. The van der Waals surface area contributed by atoms with E-state index in [0.717, 1.165) is 0 Å². The number of aliphatic carboxylic acids is 1. The third-order valence-electron chi connectivity index (χ3n) is 5.02. The quantitative estimate of drug-likeness (QED) is 0.0823. The number of carboxylic acid groups (broad SMARTS) is 1. The SMILES string of the molecule is CC(C)[C@H](NC(=O)[C@H](CCCN=C(N)N)NC(=O)CN)C(=O)N[C@@H](Cc1ccc(O)cc1)C(=O)O. The number of aromatic hydroxyl groups is 1. The number of rotatable bonds is 14. The topological polar surface area (TPSA) is 235 Å². The van der Waals surface area contributed by atoms with Crippen molar-refractivity contribution in [1.82, 2.24) is 16.0 Å². The number of carboxylic acids is 1. The molecule has 0 saturated heterocycles. The monoisotopic (exact) mass is 493 g/mol. The molecule has 0 bridgehead atoms. The Morgan fingerprint density at radius 2 is 1.60 bits per heavy atom. The Labute approximate surface area is 203 Å². The van der Waals surface area contributed by atoms with E-state index in [2.05, 4.69) is 20.9 Å². The second-order valence-corrected chi connectivity index (χ2v) is 8.27. The first-order chi connectivity index (χ1) is 16.4. The summed E-state index contributed by atoms with van der Waals surface area (Å²) in [6, 6.07) is 2.59. The highest BCUT2D eigenvalue weighted by Gasteiger charge is 2.31. The Bertz CT molecular complexity index is 900. The summed E-state index contributed by atoms with van der Waals surface area (Å²) in [4.78, 5) is 53.2. The summed E-state index contributed by atoms with van der Waals surface area (Å²) in [6.45, 7) is 3.28. The molecular formula is C22H35N7O6. The molecule has 194 valence electrons. The van der Waals surface area contributed by atoms with Gasteiger partial charge < -0.3 is 43.4 Å². The largest absolute Gasteiger partial charge is 0.508 e. The van der Waals surface area contributed by atoms with Crippen molar-refractivity contribution in [3.63, 3.8) is 0 Å². The number of nitrogens with zero attached hydrogens (tertiary/aromatic N) is 1. The van der Waals surface area contributed by atoms with E-state index in [1.807, 2.05) is 0 Å². The fourth-order valence-electron chi connectivity index (χ4n) is 3.14. The highest BCUT2D eigenvalue weighted by atomic mass is 16.4. The third kappa shape index (κ3) is 10.7. The van der Waals surface area contributed by atoms with Crippen LogP contribution in [0.25, 0.3) is 0 Å². The van der Waals surface area contributed by atoms with Gasteiger partial charge in [-0.25, -0.2) is 4.79 Å². The molecule has 13 nitrogen and oxygen atoms in total. The number of carbonyl (C=O) groups excluding carboxylic acids is 3. The summed E-state index contributed by atoms with van der Waals surface area (Å²) < 4.78 is 0. The predicted molar refractivity (Wildman–Crippen MR) is 129 cm³/mol. The summed E-state index contributed by atoms with van der Waals surface area (Å²) in [5, 5.41) is 26.5. The van der Waals surface area contributed by atoms with Crippen LogP contribution in [0.15, 0.2) is 29.3 Å². The summed E-state index contributed by atoms with van der Waals surface area (Å²) in [7, 11) is 0. The first-order valence-corrected chi connectivity index (χ1v) is 11.1. The number of amides is 3. The smallest absolute Gasteiger partial charge is 0.326 e. The van der Waals surface area contributed by atoms with Gasteiger partial charge in [-0.1, -0.05) is 26.0 Å². The summed E-state index contributed by atoms with van der Waals surface area (Å²) in [5.74, 6) is -3.60. The van der Waals surface area contributed by atoms with Crippen molar-refractivity contribution in [2.75, 3.05) is 13.1 Å². The standard InChI is InChI=1S/C22H35N7O6/c1-12(2)18(20(33)28-16(21(34)35)10-13-5-7-14(30)8-6-13)29-19(32)15(27-17(31)11-23)4-3-9-26-22(24)25/h5-8,12,15-16,18,30H,3-4,9-11,23H2,1-2H3,(H,27,31)(H,28,33)(H,29,32)(H,34,35)(H4,24,25,26)/t15-,16-,18-/m0/s1. The van der Waals surface area contributed by atoms with E-state index in [1.165, 1.54) is 12.1 Å². The maximum absolute atomic E-state index is 12.9. The van der Waals surface area contributed by atoms with Crippen molar-refractivity contribution in [2.45, 2.75) is 51.2 Å². The molecule has 3 amide bonds. The maximum atomic E-state index is 12.9. The van der Waals surface area contributed by atoms with Crippen LogP contribution in [0.5, 0.6) is 5.75 Å². The van der Waals surface area contributed by atoms with E-state index in [0.29, 0.717) is 12.0 Å². The lowest BCUT2D eigenvalue weighted by Gasteiger charge is -2.26. The Kier molecular flexibility index (Phi) is 12.0. The van der Waals surface area contributed by atoms with E-state index in [9.17, 15) is 29.4 Å². The fourth-order valence-corrected chi connectivity index (χ4v) is 3.14. The van der Waals surface area contributed by atoms with E-state index in [4.69, 9.17) is 17.2 Å². The van der Waals surface area contributed by atoms with Crippen molar-refractivity contribution in [2.24, 2.45) is 28.1 Å². The molecule has 0 heterocycles. The van der Waals surface area contributed by atoms with Gasteiger partial charge in [0.25, 0.3) is 0 Å². The zero-order chi connectivity index (χ0) is 26.5. The van der Waals surface area contributed by atoms with Crippen molar-refractivity contribution < 1.29 is 29.4 Å². The lowest BCUT2D eigenvalue weighted by molar-refractivity contribution is -0.142. The number of guanidine groups is 1. The minimum Gasteiger partial charge on any atom is -0.508 e. The Balaban J connectivity index is 2.92. The van der Waals surface area contributed by atoms with Crippen molar-refractivity contribution >= 4 is 29.7 Å². The van der Waals surface area contributed by atoms with E-state index in [-0.39, 0.29) is 37.6 Å². The number of hydrogen-bond acceptors (Lipinski definition) is 7. The van der Waals surface area contributed by atoms with Crippen LogP contribution in [0.3, 0.4) is 0 Å². The average molecular weight is 494 g/mol. The van der Waals surface area contributed by atoms with Gasteiger partial charge in [-0.3, -0.25) is 19.4 Å². The van der Waals surface area contributed by atoms with Crippen molar-refractivity contribution in [3.05, 3.63) is 29.8 Å².